The van der Waals surface area contributed by atoms with Gasteiger partial charge in [0.1, 0.15) is 9.71 Å². The molecule has 8 heteroatoms. The molecule has 2 aromatic heterocycles. The van der Waals surface area contributed by atoms with Gasteiger partial charge in [-0.15, -0.1) is 11.3 Å². The van der Waals surface area contributed by atoms with Gasteiger partial charge >= 0.3 is 5.97 Å². The van der Waals surface area contributed by atoms with Crippen LogP contribution in [0.3, 0.4) is 0 Å². The summed E-state index contributed by atoms with van der Waals surface area (Å²) < 4.78 is 11.1. The van der Waals surface area contributed by atoms with Crippen molar-refractivity contribution in [2.45, 2.75) is 52.9 Å². The lowest BCUT2D eigenvalue weighted by Crippen LogP contribution is -2.51. The summed E-state index contributed by atoms with van der Waals surface area (Å²) >= 11 is 1.19. The summed E-state index contributed by atoms with van der Waals surface area (Å²) in [6, 6.07) is 1.92. The highest BCUT2D eigenvalue weighted by atomic mass is 32.1. The van der Waals surface area contributed by atoms with Gasteiger partial charge in [-0.25, -0.2) is 9.78 Å². The van der Waals surface area contributed by atoms with E-state index >= 15 is 0 Å². The third-order valence-electron chi connectivity index (χ3n) is 4.57. The molecular weight excluding hydrogens is 366 g/mol. The summed E-state index contributed by atoms with van der Waals surface area (Å²) in [5.74, 6) is -0.821. The van der Waals surface area contributed by atoms with Gasteiger partial charge in [0, 0.05) is 24.2 Å². The number of morpholine rings is 1. The molecule has 1 amide bonds. The van der Waals surface area contributed by atoms with Crippen molar-refractivity contribution in [3.8, 4) is 0 Å². The molecule has 7 nitrogen and oxygen atoms in total. The Morgan fingerprint density at radius 2 is 1.96 bits per heavy atom. The molecule has 27 heavy (non-hydrogen) atoms. The number of anilines is 1. The van der Waals surface area contributed by atoms with Gasteiger partial charge in [0.15, 0.2) is 6.10 Å². The zero-order chi connectivity index (χ0) is 19.9. The summed E-state index contributed by atoms with van der Waals surface area (Å²) in [6.07, 6.45) is -0.984. The van der Waals surface area contributed by atoms with Crippen molar-refractivity contribution in [3.63, 3.8) is 0 Å². The van der Waals surface area contributed by atoms with Crippen LogP contribution in [0, 0.1) is 13.8 Å². The van der Waals surface area contributed by atoms with Gasteiger partial charge in [-0.2, -0.15) is 0 Å². The lowest BCUT2D eigenvalue weighted by atomic mass is 10.1. The lowest BCUT2D eigenvalue weighted by molar-refractivity contribution is -0.151. The number of aryl methyl sites for hydroxylation is 2. The predicted octanol–water partition coefficient (Wildman–Crippen LogP) is 2.68. The summed E-state index contributed by atoms with van der Waals surface area (Å²) in [6.45, 7) is 10.2. The fourth-order valence-electron chi connectivity index (χ4n) is 3.50. The van der Waals surface area contributed by atoms with E-state index < -0.39 is 12.1 Å². The average molecular weight is 391 g/mol. The van der Waals surface area contributed by atoms with Crippen molar-refractivity contribution < 1.29 is 19.1 Å². The van der Waals surface area contributed by atoms with Gasteiger partial charge < -0.3 is 20.1 Å². The molecule has 1 aliphatic rings. The fraction of sp³-hybridized carbons (Fsp3) is 0.526. The van der Waals surface area contributed by atoms with Crippen LogP contribution in [0.4, 0.5) is 5.69 Å². The maximum Gasteiger partial charge on any atom is 0.351 e. The number of nitrogens with two attached hydrogens (primary N) is 1. The molecule has 3 rings (SSSR count). The molecule has 3 unspecified atom stereocenters. The SMILES string of the molecule is Cc1cc(C)c2c(N)c(C(=O)OC(C)C(=O)N3CC(C)OC(C)C3)sc2n1. The minimum atomic E-state index is -0.893. The van der Waals surface area contributed by atoms with E-state index in [1.165, 1.54) is 11.3 Å². The van der Waals surface area contributed by atoms with E-state index in [0.717, 1.165) is 16.6 Å². The van der Waals surface area contributed by atoms with Crippen molar-refractivity contribution in [2.24, 2.45) is 0 Å². The summed E-state index contributed by atoms with van der Waals surface area (Å²) in [7, 11) is 0. The molecule has 3 atom stereocenters. The molecule has 3 heterocycles. The smallest absolute Gasteiger partial charge is 0.351 e. The number of carbonyl (C=O) groups is 2. The van der Waals surface area contributed by atoms with Crippen LogP contribution in [0.1, 0.15) is 41.7 Å². The number of nitrogen functional groups attached to an aromatic ring is 1. The van der Waals surface area contributed by atoms with E-state index in [4.69, 9.17) is 15.2 Å². The third kappa shape index (κ3) is 3.91. The number of pyridine rings is 1. The Kier molecular flexibility index (Phi) is 5.39. The number of hydrogen-bond donors (Lipinski definition) is 1. The number of thiophene rings is 1. The van der Waals surface area contributed by atoms with Gasteiger partial charge in [0.25, 0.3) is 5.91 Å². The van der Waals surface area contributed by atoms with Crippen LogP contribution < -0.4 is 5.73 Å². The molecule has 0 spiro atoms. The molecule has 0 saturated carbocycles. The highest BCUT2D eigenvalue weighted by molar-refractivity contribution is 7.21. The van der Waals surface area contributed by atoms with Crippen molar-refractivity contribution >= 4 is 39.1 Å². The Morgan fingerprint density at radius 3 is 2.59 bits per heavy atom. The van der Waals surface area contributed by atoms with E-state index in [9.17, 15) is 9.59 Å². The van der Waals surface area contributed by atoms with Crippen LogP contribution in [-0.4, -0.2) is 53.2 Å². The maximum absolute atomic E-state index is 12.7. The minimum absolute atomic E-state index is 0.0452. The monoisotopic (exact) mass is 391 g/mol. The van der Waals surface area contributed by atoms with Crippen LogP contribution in [-0.2, 0) is 14.3 Å². The van der Waals surface area contributed by atoms with Gasteiger partial charge in [0.2, 0.25) is 0 Å². The van der Waals surface area contributed by atoms with Crippen LogP contribution in [0.5, 0.6) is 0 Å². The summed E-state index contributed by atoms with van der Waals surface area (Å²) in [5, 5.41) is 0.771. The standard InChI is InChI=1S/C19H25N3O4S/c1-9-6-10(2)21-17-14(9)15(20)16(27-17)19(24)26-13(5)18(23)22-7-11(3)25-12(4)8-22/h6,11-13H,7-8,20H2,1-5H3. The number of amides is 1. The second-order valence-electron chi connectivity index (χ2n) is 7.15. The number of fused-ring (bicyclic) bond motifs is 1. The number of carbonyl (C=O) groups excluding carboxylic acids is 2. The zero-order valence-corrected chi connectivity index (χ0v) is 17.1. The van der Waals surface area contributed by atoms with Crippen LogP contribution in [0.15, 0.2) is 6.07 Å². The second kappa shape index (κ2) is 7.44. The number of nitrogens with zero attached hydrogens (tertiary/aromatic N) is 2. The first-order chi connectivity index (χ1) is 12.7. The number of aromatic nitrogens is 1. The Bertz CT molecular complexity index is 885. The van der Waals surface area contributed by atoms with Crippen molar-refractivity contribution in [2.75, 3.05) is 18.8 Å². The quantitative estimate of drug-likeness (QED) is 0.809. The average Bonchev–Trinajstić information content (AvgIpc) is 2.89. The molecule has 0 aliphatic carbocycles. The molecular formula is C19H25N3O4S. The number of ether oxygens (including phenoxy) is 2. The largest absolute Gasteiger partial charge is 0.448 e. The summed E-state index contributed by atoms with van der Waals surface area (Å²) in [4.78, 5) is 32.4. The van der Waals surface area contributed by atoms with Crippen LogP contribution in [0.2, 0.25) is 0 Å². The molecule has 146 valence electrons. The van der Waals surface area contributed by atoms with Crippen LogP contribution in [0.25, 0.3) is 10.2 Å². The molecule has 0 radical (unpaired) electrons. The second-order valence-corrected chi connectivity index (χ2v) is 8.15. The van der Waals surface area contributed by atoms with E-state index in [1.807, 2.05) is 33.8 Å². The molecule has 2 N–H and O–H groups in total. The Balaban J connectivity index is 1.77. The first-order valence-corrected chi connectivity index (χ1v) is 9.80. The van der Waals surface area contributed by atoms with Crippen molar-refractivity contribution in [3.05, 3.63) is 22.2 Å². The highest BCUT2D eigenvalue weighted by Crippen LogP contribution is 2.35. The normalized spacial score (nSPS) is 21.3. The molecule has 0 bridgehead atoms. The molecule has 1 fully saturated rings. The predicted molar refractivity (Wildman–Crippen MR) is 105 cm³/mol. The zero-order valence-electron chi connectivity index (χ0n) is 16.2. The minimum Gasteiger partial charge on any atom is -0.448 e. The molecule has 1 saturated heterocycles. The van der Waals surface area contributed by atoms with E-state index in [0.29, 0.717) is 23.6 Å². The first kappa shape index (κ1) is 19.6. The van der Waals surface area contributed by atoms with E-state index in [-0.39, 0.29) is 23.0 Å². The molecule has 0 aromatic carbocycles. The van der Waals surface area contributed by atoms with Crippen molar-refractivity contribution in [1.29, 1.82) is 0 Å². The molecule has 1 aliphatic heterocycles. The van der Waals surface area contributed by atoms with Gasteiger partial charge in [-0.1, -0.05) is 0 Å². The Hall–Kier alpha value is -2.19. The Morgan fingerprint density at radius 1 is 1.33 bits per heavy atom. The molecule has 2 aromatic rings. The maximum atomic E-state index is 12.7. The fourth-order valence-corrected chi connectivity index (χ4v) is 4.60. The highest BCUT2D eigenvalue weighted by Gasteiger charge is 2.31. The Labute approximate surface area is 162 Å². The summed E-state index contributed by atoms with van der Waals surface area (Å²) in [5.41, 5.74) is 8.36. The number of rotatable bonds is 3. The van der Waals surface area contributed by atoms with E-state index in [2.05, 4.69) is 4.98 Å². The van der Waals surface area contributed by atoms with E-state index in [1.54, 1.807) is 11.8 Å². The number of esters is 1. The van der Waals surface area contributed by atoms with Crippen molar-refractivity contribution in [1.82, 2.24) is 9.88 Å². The first-order valence-electron chi connectivity index (χ1n) is 8.98. The topological polar surface area (TPSA) is 94.8 Å². The van der Waals surface area contributed by atoms with Gasteiger partial charge in [0.05, 0.1) is 17.9 Å². The third-order valence-corrected chi connectivity index (χ3v) is 5.65. The lowest BCUT2D eigenvalue weighted by Gasteiger charge is -2.36. The van der Waals surface area contributed by atoms with Gasteiger partial charge in [-0.05, 0) is 46.2 Å². The van der Waals surface area contributed by atoms with Crippen LogP contribution >= 0.6 is 11.3 Å². The van der Waals surface area contributed by atoms with Gasteiger partial charge in [-0.3, -0.25) is 4.79 Å². The number of hydrogen-bond acceptors (Lipinski definition) is 7.